The smallest absolute Gasteiger partial charge is 0.194 e. The fourth-order valence-corrected chi connectivity index (χ4v) is 3.90. The van der Waals surface area contributed by atoms with Crippen LogP contribution in [0, 0.1) is 0 Å². The van der Waals surface area contributed by atoms with Gasteiger partial charge in [0.25, 0.3) is 0 Å². The van der Waals surface area contributed by atoms with Crippen molar-refractivity contribution in [2.75, 3.05) is 51.3 Å². The number of aliphatic hydroxyl groups excluding tert-OH is 1. The third kappa shape index (κ3) is 5.14. The van der Waals surface area contributed by atoms with E-state index in [1.807, 2.05) is 24.3 Å². The van der Waals surface area contributed by atoms with Gasteiger partial charge in [-0.15, -0.1) is 11.3 Å². The summed E-state index contributed by atoms with van der Waals surface area (Å²) in [5, 5.41) is 17.3. The summed E-state index contributed by atoms with van der Waals surface area (Å²) in [5.74, 6) is 1.65. The molecule has 0 amide bonds. The van der Waals surface area contributed by atoms with Gasteiger partial charge in [0.05, 0.1) is 24.8 Å². The van der Waals surface area contributed by atoms with Crippen LogP contribution in [0.1, 0.15) is 18.6 Å². The summed E-state index contributed by atoms with van der Waals surface area (Å²) in [6, 6.07) is 11.7. The molecule has 146 valence electrons. The quantitative estimate of drug-likeness (QED) is 0.588. The van der Waals surface area contributed by atoms with E-state index >= 15 is 0 Å². The number of nitrogens with one attached hydrogen (secondary N) is 1. The summed E-state index contributed by atoms with van der Waals surface area (Å²) in [5.41, 5.74) is 0.845. The Labute approximate surface area is 165 Å². The number of rotatable bonds is 6. The van der Waals surface area contributed by atoms with Crippen LogP contribution in [-0.4, -0.2) is 62.3 Å². The summed E-state index contributed by atoms with van der Waals surface area (Å²) in [7, 11) is 1.64. The van der Waals surface area contributed by atoms with E-state index in [4.69, 9.17) is 4.74 Å². The number of benzene rings is 1. The molecule has 7 heteroatoms. The third-order valence-electron chi connectivity index (χ3n) is 4.65. The molecule has 2 N–H and O–H groups in total. The fourth-order valence-electron chi connectivity index (χ4n) is 3.12. The Bertz CT molecular complexity index is 710. The Morgan fingerprint density at radius 2 is 1.96 bits per heavy atom. The molecule has 1 aromatic heterocycles. The van der Waals surface area contributed by atoms with Crippen molar-refractivity contribution in [3.05, 3.63) is 47.3 Å². The molecule has 1 aliphatic rings. The normalized spacial score (nSPS) is 16.3. The number of hydrogen-bond donors (Lipinski definition) is 2. The van der Waals surface area contributed by atoms with Gasteiger partial charge >= 0.3 is 0 Å². The van der Waals surface area contributed by atoms with Crippen molar-refractivity contribution in [1.29, 1.82) is 0 Å². The maximum Gasteiger partial charge on any atom is 0.194 e. The molecule has 2 heterocycles. The number of aliphatic imine (C=N–C) groups is 1. The molecule has 1 aliphatic heterocycles. The molecule has 0 spiro atoms. The monoisotopic (exact) mass is 388 g/mol. The first-order valence-electron chi connectivity index (χ1n) is 9.35. The first-order valence-corrected chi connectivity index (χ1v) is 10.2. The van der Waals surface area contributed by atoms with E-state index in [2.05, 4.69) is 44.5 Å². The molecule has 1 saturated heterocycles. The predicted molar refractivity (Wildman–Crippen MR) is 112 cm³/mol. The van der Waals surface area contributed by atoms with E-state index in [0.717, 1.165) is 50.0 Å². The lowest BCUT2D eigenvalue weighted by Crippen LogP contribution is -2.52. The van der Waals surface area contributed by atoms with E-state index in [0.29, 0.717) is 6.54 Å². The number of guanidine groups is 1. The molecule has 6 nitrogen and oxygen atoms in total. The molecule has 3 rings (SSSR count). The van der Waals surface area contributed by atoms with Crippen molar-refractivity contribution in [2.45, 2.75) is 13.0 Å². The lowest BCUT2D eigenvalue weighted by atomic mass is 10.1. The zero-order chi connectivity index (χ0) is 19.1. The third-order valence-corrected chi connectivity index (χ3v) is 5.58. The molecule has 0 aliphatic carbocycles. The van der Waals surface area contributed by atoms with Gasteiger partial charge in [0, 0.05) is 32.7 Å². The van der Waals surface area contributed by atoms with Crippen molar-refractivity contribution >= 4 is 22.3 Å². The van der Waals surface area contributed by atoms with Crippen molar-refractivity contribution in [2.24, 2.45) is 4.99 Å². The SMILES string of the molecule is CCNC(=NCC(O)c1ccc(OC)cc1)N1CCN(c2cccs2)CC1. The van der Waals surface area contributed by atoms with Crippen molar-refractivity contribution in [1.82, 2.24) is 10.2 Å². The van der Waals surface area contributed by atoms with Crippen LogP contribution in [0.5, 0.6) is 5.75 Å². The van der Waals surface area contributed by atoms with Gasteiger partial charge in [-0.05, 0) is 42.1 Å². The van der Waals surface area contributed by atoms with E-state index < -0.39 is 6.10 Å². The van der Waals surface area contributed by atoms with Gasteiger partial charge in [-0.25, -0.2) is 0 Å². The van der Waals surface area contributed by atoms with Crippen molar-refractivity contribution in [3.8, 4) is 5.75 Å². The zero-order valence-electron chi connectivity index (χ0n) is 16.0. The maximum absolute atomic E-state index is 10.5. The van der Waals surface area contributed by atoms with Crippen LogP contribution < -0.4 is 15.0 Å². The number of piperazine rings is 1. The maximum atomic E-state index is 10.5. The number of aliphatic hydroxyl groups is 1. The Balaban J connectivity index is 1.59. The lowest BCUT2D eigenvalue weighted by Gasteiger charge is -2.37. The molecular formula is C20H28N4O2S. The van der Waals surface area contributed by atoms with Crippen LogP contribution in [0.2, 0.25) is 0 Å². The lowest BCUT2D eigenvalue weighted by molar-refractivity contribution is 0.186. The summed E-state index contributed by atoms with van der Waals surface area (Å²) in [6.45, 7) is 7.00. The minimum Gasteiger partial charge on any atom is -0.497 e. The highest BCUT2D eigenvalue weighted by molar-refractivity contribution is 7.14. The Morgan fingerprint density at radius 1 is 1.22 bits per heavy atom. The number of nitrogens with zero attached hydrogens (tertiary/aromatic N) is 3. The summed E-state index contributed by atoms with van der Waals surface area (Å²) >= 11 is 1.78. The average molecular weight is 389 g/mol. The largest absolute Gasteiger partial charge is 0.497 e. The van der Waals surface area contributed by atoms with E-state index in [9.17, 15) is 5.11 Å². The van der Waals surface area contributed by atoms with Crippen LogP contribution in [0.15, 0.2) is 46.8 Å². The number of ether oxygens (including phenoxy) is 1. The highest BCUT2D eigenvalue weighted by Gasteiger charge is 2.20. The van der Waals surface area contributed by atoms with Gasteiger partial charge in [0.1, 0.15) is 5.75 Å². The van der Waals surface area contributed by atoms with Gasteiger partial charge in [-0.1, -0.05) is 12.1 Å². The van der Waals surface area contributed by atoms with Crippen molar-refractivity contribution in [3.63, 3.8) is 0 Å². The Morgan fingerprint density at radius 3 is 2.56 bits per heavy atom. The molecule has 2 aromatic rings. The highest BCUT2D eigenvalue weighted by Crippen LogP contribution is 2.22. The molecule has 1 atom stereocenters. The molecule has 0 radical (unpaired) electrons. The van der Waals surface area contributed by atoms with Gasteiger partial charge in [0.15, 0.2) is 5.96 Å². The minimum absolute atomic E-state index is 0.333. The minimum atomic E-state index is -0.628. The van der Waals surface area contributed by atoms with Crippen LogP contribution in [0.25, 0.3) is 0 Å². The van der Waals surface area contributed by atoms with Crippen LogP contribution >= 0.6 is 11.3 Å². The molecular weight excluding hydrogens is 360 g/mol. The van der Waals surface area contributed by atoms with E-state index in [1.165, 1.54) is 5.00 Å². The highest BCUT2D eigenvalue weighted by atomic mass is 32.1. The zero-order valence-corrected chi connectivity index (χ0v) is 16.8. The van der Waals surface area contributed by atoms with Crippen LogP contribution in [-0.2, 0) is 0 Å². The van der Waals surface area contributed by atoms with Gasteiger partial charge in [-0.3, -0.25) is 4.99 Å². The fraction of sp³-hybridized carbons (Fsp3) is 0.450. The number of anilines is 1. The van der Waals surface area contributed by atoms with Gasteiger partial charge in [0.2, 0.25) is 0 Å². The molecule has 0 bridgehead atoms. The van der Waals surface area contributed by atoms with Crippen LogP contribution in [0.4, 0.5) is 5.00 Å². The Kier molecular flexibility index (Phi) is 6.95. The first kappa shape index (κ1) is 19.5. The van der Waals surface area contributed by atoms with E-state index in [-0.39, 0.29) is 0 Å². The molecule has 1 aromatic carbocycles. The second kappa shape index (κ2) is 9.62. The summed E-state index contributed by atoms with van der Waals surface area (Å²) in [4.78, 5) is 9.36. The number of hydrogen-bond acceptors (Lipinski definition) is 5. The topological polar surface area (TPSA) is 60.3 Å². The average Bonchev–Trinajstić information content (AvgIpc) is 3.26. The summed E-state index contributed by atoms with van der Waals surface area (Å²) < 4.78 is 5.16. The molecule has 27 heavy (non-hydrogen) atoms. The summed E-state index contributed by atoms with van der Waals surface area (Å²) in [6.07, 6.45) is -0.628. The van der Waals surface area contributed by atoms with Gasteiger partial charge < -0.3 is 25.0 Å². The van der Waals surface area contributed by atoms with Gasteiger partial charge in [-0.2, -0.15) is 0 Å². The predicted octanol–water partition coefficient (Wildman–Crippen LogP) is 2.58. The Hall–Kier alpha value is -2.25. The molecule has 1 fully saturated rings. The molecule has 1 unspecified atom stereocenters. The van der Waals surface area contributed by atoms with Crippen molar-refractivity contribution < 1.29 is 9.84 Å². The first-order chi connectivity index (χ1) is 13.2. The number of thiophene rings is 1. The molecule has 0 saturated carbocycles. The van der Waals surface area contributed by atoms with Crippen LogP contribution in [0.3, 0.4) is 0 Å². The standard InChI is InChI=1S/C20H28N4O2S/c1-3-21-20(22-15-18(25)16-6-8-17(26-2)9-7-16)24-12-10-23(11-13-24)19-5-4-14-27-19/h4-9,14,18,25H,3,10-13,15H2,1-2H3,(H,21,22). The van der Waals surface area contributed by atoms with E-state index in [1.54, 1.807) is 18.4 Å². The second-order valence-electron chi connectivity index (χ2n) is 6.41. The number of methoxy groups -OCH3 is 1. The second-order valence-corrected chi connectivity index (χ2v) is 7.34.